The molecule has 1 aliphatic rings. The van der Waals surface area contributed by atoms with E-state index in [1.165, 1.54) is 12.8 Å². The SMILES string of the molecule is O=C(O)Cc1cccc(NC(=O)c2cnn(C3CCCC3)c2-c2ccccc2)c1. The van der Waals surface area contributed by atoms with E-state index in [1.807, 2.05) is 35.0 Å². The molecular weight excluding hydrogens is 366 g/mol. The second-order valence-electron chi connectivity index (χ2n) is 7.38. The van der Waals surface area contributed by atoms with Gasteiger partial charge >= 0.3 is 5.97 Å². The van der Waals surface area contributed by atoms with E-state index in [2.05, 4.69) is 10.4 Å². The fraction of sp³-hybridized carbons (Fsp3) is 0.261. The van der Waals surface area contributed by atoms with Crippen molar-refractivity contribution in [1.29, 1.82) is 0 Å². The number of rotatable bonds is 6. The molecule has 6 nitrogen and oxygen atoms in total. The third kappa shape index (κ3) is 4.21. The summed E-state index contributed by atoms with van der Waals surface area (Å²) in [6.07, 6.45) is 6.04. The summed E-state index contributed by atoms with van der Waals surface area (Å²) in [7, 11) is 0. The van der Waals surface area contributed by atoms with Gasteiger partial charge < -0.3 is 10.4 Å². The van der Waals surface area contributed by atoms with Crippen molar-refractivity contribution in [3.63, 3.8) is 0 Å². The van der Waals surface area contributed by atoms with E-state index in [4.69, 9.17) is 5.11 Å². The Hall–Kier alpha value is -3.41. The monoisotopic (exact) mass is 389 g/mol. The third-order valence-corrected chi connectivity index (χ3v) is 5.30. The number of carbonyl (C=O) groups excluding carboxylic acids is 1. The Bertz CT molecular complexity index is 1020. The molecule has 1 saturated carbocycles. The van der Waals surface area contributed by atoms with Gasteiger partial charge in [-0.3, -0.25) is 14.3 Å². The number of carboxylic acid groups (broad SMARTS) is 1. The van der Waals surface area contributed by atoms with Crippen LogP contribution in [-0.2, 0) is 11.2 Å². The van der Waals surface area contributed by atoms with Crippen LogP contribution in [0.1, 0.15) is 47.6 Å². The lowest BCUT2D eigenvalue weighted by molar-refractivity contribution is -0.136. The van der Waals surface area contributed by atoms with Gasteiger partial charge in [0.2, 0.25) is 0 Å². The number of aromatic nitrogens is 2. The van der Waals surface area contributed by atoms with Crippen LogP contribution in [0.2, 0.25) is 0 Å². The van der Waals surface area contributed by atoms with E-state index in [9.17, 15) is 9.59 Å². The van der Waals surface area contributed by atoms with Crippen LogP contribution >= 0.6 is 0 Å². The highest BCUT2D eigenvalue weighted by Crippen LogP contribution is 2.35. The molecule has 2 aromatic carbocycles. The summed E-state index contributed by atoms with van der Waals surface area (Å²) in [5, 5.41) is 16.5. The lowest BCUT2D eigenvalue weighted by atomic mass is 10.1. The number of nitrogens with zero attached hydrogens (tertiary/aromatic N) is 2. The number of hydrogen-bond donors (Lipinski definition) is 2. The van der Waals surface area contributed by atoms with E-state index in [0.717, 1.165) is 24.1 Å². The first-order valence-corrected chi connectivity index (χ1v) is 9.87. The highest BCUT2D eigenvalue weighted by Gasteiger charge is 2.25. The van der Waals surface area contributed by atoms with Crippen molar-refractivity contribution in [2.24, 2.45) is 0 Å². The number of nitrogens with one attached hydrogen (secondary N) is 1. The van der Waals surface area contributed by atoms with E-state index >= 15 is 0 Å². The molecule has 0 saturated heterocycles. The first-order valence-electron chi connectivity index (χ1n) is 9.87. The molecule has 1 aromatic heterocycles. The van der Waals surface area contributed by atoms with Crippen molar-refractivity contribution in [1.82, 2.24) is 9.78 Å². The van der Waals surface area contributed by atoms with Crippen molar-refractivity contribution in [2.45, 2.75) is 38.1 Å². The maximum Gasteiger partial charge on any atom is 0.307 e. The van der Waals surface area contributed by atoms with Crippen LogP contribution < -0.4 is 5.32 Å². The molecule has 0 aliphatic heterocycles. The predicted octanol–water partition coefficient (Wildman–Crippen LogP) is 4.54. The van der Waals surface area contributed by atoms with E-state index < -0.39 is 5.97 Å². The molecule has 2 N–H and O–H groups in total. The van der Waals surface area contributed by atoms with Gasteiger partial charge in [-0.15, -0.1) is 0 Å². The Morgan fingerprint density at radius 2 is 1.83 bits per heavy atom. The highest BCUT2D eigenvalue weighted by molar-refractivity contribution is 6.08. The first-order chi connectivity index (χ1) is 14.1. The van der Waals surface area contributed by atoms with Crippen LogP contribution in [0, 0.1) is 0 Å². The number of benzene rings is 2. The van der Waals surface area contributed by atoms with Crippen LogP contribution in [0.4, 0.5) is 5.69 Å². The molecule has 3 aromatic rings. The van der Waals surface area contributed by atoms with Gasteiger partial charge in [0.15, 0.2) is 0 Å². The molecule has 0 bridgehead atoms. The van der Waals surface area contributed by atoms with E-state index in [1.54, 1.807) is 30.5 Å². The van der Waals surface area contributed by atoms with Crippen LogP contribution in [0.25, 0.3) is 11.3 Å². The fourth-order valence-corrected chi connectivity index (χ4v) is 3.97. The molecule has 1 heterocycles. The van der Waals surface area contributed by atoms with Crippen LogP contribution in [0.5, 0.6) is 0 Å². The van der Waals surface area contributed by atoms with Crippen molar-refractivity contribution >= 4 is 17.6 Å². The summed E-state index contributed by atoms with van der Waals surface area (Å²) in [6, 6.07) is 17.1. The summed E-state index contributed by atoms with van der Waals surface area (Å²) in [4.78, 5) is 24.0. The van der Waals surface area contributed by atoms with Gasteiger partial charge in [0.05, 0.1) is 29.9 Å². The quantitative estimate of drug-likeness (QED) is 0.648. The van der Waals surface area contributed by atoms with Gasteiger partial charge in [-0.05, 0) is 30.5 Å². The van der Waals surface area contributed by atoms with Crippen molar-refractivity contribution in [3.8, 4) is 11.3 Å². The van der Waals surface area contributed by atoms with Crippen molar-refractivity contribution < 1.29 is 14.7 Å². The number of carboxylic acids is 1. The highest BCUT2D eigenvalue weighted by atomic mass is 16.4. The van der Waals surface area contributed by atoms with Gasteiger partial charge in [-0.25, -0.2) is 0 Å². The van der Waals surface area contributed by atoms with Crippen molar-refractivity contribution in [2.75, 3.05) is 5.32 Å². The number of anilines is 1. The minimum absolute atomic E-state index is 0.0847. The molecule has 4 rings (SSSR count). The summed E-state index contributed by atoms with van der Waals surface area (Å²) >= 11 is 0. The fourth-order valence-electron chi connectivity index (χ4n) is 3.97. The van der Waals surface area contributed by atoms with E-state index in [-0.39, 0.29) is 12.3 Å². The zero-order valence-corrected chi connectivity index (χ0v) is 16.0. The lowest BCUT2D eigenvalue weighted by Crippen LogP contribution is -2.14. The number of hydrogen-bond acceptors (Lipinski definition) is 3. The minimum atomic E-state index is -0.905. The molecule has 148 valence electrons. The van der Waals surface area contributed by atoms with Gasteiger partial charge in [-0.1, -0.05) is 55.3 Å². The smallest absolute Gasteiger partial charge is 0.307 e. The number of aliphatic carboxylic acids is 1. The van der Waals surface area contributed by atoms with Crippen molar-refractivity contribution in [3.05, 3.63) is 71.9 Å². The minimum Gasteiger partial charge on any atom is -0.481 e. The average Bonchev–Trinajstić information content (AvgIpc) is 3.38. The normalized spacial score (nSPS) is 14.1. The topological polar surface area (TPSA) is 84.2 Å². The Kier molecular flexibility index (Phi) is 5.42. The lowest BCUT2D eigenvalue weighted by Gasteiger charge is -2.16. The average molecular weight is 389 g/mol. The molecule has 0 spiro atoms. The van der Waals surface area contributed by atoms with Gasteiger partial charge in [0.25, 0.3) is 5.91 Å². The summed E-state index contributed by atoms with van der Waals surface area (Å²) in [5.41, 5.74) is 3.52. The van der Waals surface area contributed by atoms with Gasteiger partial charge in [-0.2, -0.15) is 5.10 Å². The molecule has 0 radical (unpaired) electrons. The second-order valence-corrected chi connectivity index (χ2v) is 7.38. The molecule has 0 unspecified atom stereocenters. The van der Waals surface area contributed by atoms with E-state index in [0.29, 0.717) is 22.9 Å². The largest absolute Gasteiger partial charge is 0.481 e. The molecule has 0 atom stereocenters. The third-order valence-electron chi connectivity index (χ3n) is 5.30. The Morgan fingerprint density at radius 1 is 1.07 bits per heavy atom. The maximum absolute atomic E-state index is 13.1. The van der Waals surface area contributed by atoms with Gasteiger partial charge in [0, 0.05) is 11.3 Å². The zero-order chi connectivity index (χ0) is 20.2. The Labute approximate surface area is 169 Å². The standard InChI is InChI=1S/C23H23N3O3/c27-21(28)14-16-7-6-10-18(13-16)25-23(29)20-15-24-26(19-11-4-5-12-19)22(20)17-8-2-1-3-9-17/h1-3,6-10,13,15,19H,4-5,11-12,14H2,(H,25,29)(H,27,28). The number of amides is 1. The Morgan fingerprint density at radius 3 is 2.55 bits per heavy atom. The van der Waals surface area contributed by atoms with Crippen LogP contribution in [0.3, 0.4) is 0 Å². The summed E-state index contributed by atoms with van der Waals surface area (Å²) in [5.74, 6) is -1.15. The van der Waals surface area contributed by atoms with Crippen LogP contribution in [-0.4, -0.2) is 26.8 Å². The summed E-state index contributed by atoms with van der Waals surface area (Å²) in [6.45, 7) is 0. The molecule has 1 amide bonds. The molecule has 1 aliphatic carbocycles. The van der Waals surface area contributed by atoms with Crippen LogP contribution in [0.15, 0.2) is 60.8 Å². The number of carbonyl (C=O) groups is 2. The zero-order valence-electron chi connectivity index (χ0n) is 16.0. The summed E-state index contributed by atoms with van der Waals surface area (Å²) < 4.78 is 2.00. The predicted molar refractivity (Wildman–Crippen MR) is 111 cm³/mol. The first kappa shape index (κ1) is 18.9. The molecule has 1 fully saturated rings. The maximum atomic E-state index is 13.1. The second kappa shape index (κ2) is 8.31. The molecule has 6 heteroatoms. The molecular formula is C23H23N3O3. The van der Waals surface area contributed by atoms with Gasteiger partial charge in [0.1, 0.15) is 0 Å². The molecule has 29 heavy (non-hydrogen) atoms. The Balaban J connectivity index is 1.66.